The first-order valence-corrected chi connectivity index (χ1v) is 10.7. The number of hydrogen-bond donors (Lipinski definition) is 4. The van der Waals surface area contributed by atoms with Gasteiger partial charge < -0.3 is 16.4 Å². The van der Waals surface area contributed by atoms with E-state index in [1.165, 1.54) is 12.1 Å². The maximum absolute atomic E-state index is 11.4. The van der Waals surface area contributed by atoms with E-state index in [1.807, 2.05) is 6.07 Å². The van der Waals surface area contributed by atoms with Crippen molar-refractivity contribution in [1.82, 2.24) is 14.6 Å². The number of sulfonamides is 1. The third-order valence-corrected chi connectivity index (χ3v) is 5.87. The zero-order chi connectivity index (χ0) is 19.7. The summed E-state index contributed by atoms with van der Waals surface area (Å²) in [5.74, 6) is 0.745. The normalized spacial score (nSPS) is 20.2. The van der Waals surface area contributed by atoms with Crippen LogP contribution in [-0.2, 0) is 10.0 Å². The number of aromatic nitrogens is 3. The van der Waals surface area contributed by atoms with Gasteiger partial charge in [-0.3, -0.25) is 0 Å². The lowest BCUT2D eigenvalue weighted by Gasteiger charge is -2.27. The highest BCUT2D eigenvalue weighted by molar-refractivity contribution is 7.89. The van der Waals surface area contributed by atoms with Gasteiger partial charge in [-0.15, -0.1) is 5.10 Å². The molecular weight excluding hydrogens is 378 g/mol. The fourth-order valence-electron chi connectivity index (χ4n) is 3.44. The van der Waals surface area contributed by atoms with Crippen LogP contribution in [0.4, 0.5) is 17.2 Å². The third-order valence-electron chi connectivity index (χ3n) is 4.94. The fraction of sp³-hybridized carbons (Fsp3) is 0.333. The summed E-state index contributed by atoms with van der Waals surface area (Å²) < 4.78 is 24.5. The summed E-state index contributed by atoms with van der Waals surface area (Å²) >= 11 is 0. The molecule has 0 atom stereocenters. The van der Waals surface area contributed by atoms with Gasteiger partial charge in [-0.1, -0.05) is 0 Å². The second kappa shape index (κ2) is 7.38. The Kier molecular flexibility index (Phi) is 4.92. The quantitative estimate of drug-likeness (QED) is 0.511. The van der Waals surface area contributed by atoms with Crippen LogP contribution in [0.1, 0.15) is 25.7 Å². The molecule has 6 N–H and O–H groups in total. The SMILES string of the molecule is NS(=O)(=O)c1ccc(Nc2cc(N[C@H]3CC[C@H](N)CC3)nn3ccnc23)cc1. The number of hydrogen-bond acceptors (Lipinski definition) is 7. The van der Waals surface area contributed by atoms with Crippen LogP contribution in [0.3, 0.4) is 0 Å². The molecule has 0 aliphatic heterocycles. The Labute approximate surface area is 163 Å². The molecule has 10 heteroatoms. The van der Waals surface area contributed by atoms with E-state index in [1.54, 1.807) is 29.0 Å². The Morgan fingerprint density at radius 3 is 2.50 bits per heavy atom. The van der Waals surface area contributed by atoms with Gasteiger partial charge in [-0.25, -0.2) is 23.1 Å². The van der Waals surface area contributed by atoms with Gasteiger partial charge in [0.2, 0.25) is 10.0 Å². The smallest absolute Gasteiger partial charge is 0.238 e. The zero-order valence-electron chi connectivity index (χ0n) is 15.2. The summed E-state index contributed by atoms with van der Waals surface area (Å²) in [6, 6.07) is 8.79. The summed E-state index contributed by atoms with van der Waals surface area (Å²) in [4.78, 5) is 4.41. The Hall–Kier alpha value is -2.69. The maximum atomic E-state index is 11.4. The molecule has 1 aliphatic rings. The maximum Gasteiger partial charge on any atom is 0.238 e. The molecule has 148 valence electrons. The highest BCUT2D eigenvalue weighted by atomic mass is 32.2. The predicted octanol–water partition coefficient (Wildman–Crippen LogP) is 1.80. The van der Waals surface area contributed by atoms with Crippen molar-refractivity contribution in [1.29, 1.82) is 0 Å². The first-order chi connectivity index (χ1) is 13.4. The zero-order valence-corrected chi connectivity index (χ0v) is 16.1. The first-order valence-electron chi connectivity index (χ1n) is 9.15. The van der Waals surface area contributed by atoms with Gasteiger partial charge >= 0.3 is 0 Å². The van der Waals surface area contributed by atoms with Gasteiger partial charge in [-0.05, 0) is 49.9 Å². The third kappa shape index (κ3) is 4.08. The van der Waals surface area contributed by atoms with Gasteiger partial charge in [0.25, 0.3) is 0 Å². The van der Waals surface area contributed by atoms with Crippen LogP contribution in [0.25, 0.3) is 5.65 Å². The predicted molar refractivity (Wildman–Crippen MR) is 108 cm³/mol. The van der Waals surface area contributed by atoms with E-state index >= 15 is 0 Å². The van der Waals surface area contributed by atoms with E-state index in [-0.39, 0.29) is 4.90 Å². The van der Waals surface area contributed by atoms with Crippen LogP contribution in [0, 0.1) is 0 Å². The largest absolute Gasteiger partial charge is 0.366 e. The topological polar surface area (TPSA) is 140 Å². The Bertz CT molecular complexity index is 1070. The van der Waals surface area contributed by atoms with Gasteiger partial charge in [0.1, 0.15) is 5.82 Å². The lowest BCUT2D eigenvalue weighted by atomic mass is 9.92. The second-order valence-corrected chi connectivity index (χ2v) is 8.65. The standard InChI is InChI=1S/C18H23N7O2S/c19-12-1-3-14(4-2-12)23-17-11-16(18-21-9-10-25(18)24-17)22-13-5-7-15(8-6-13)28(20,26)27/h5-12,14,22H,1-4,19H2,(H,23,24)(H2,20,26,27)/t12-,14-. The average molecular weight is 401 g/mol. The van der Waals surface area contributed by atoms with Gasteiger partial charge in [0.05, 0.1) is 10.6 Å². The van der Waals surface area contributed by atoms with E-state index in [9.17, 15) is 8.42 Å². The fourth-order valence-corrected chi connectivity index (χ4v) is 3.95. The lowest BCUT2D eigenvalue weighted by molar-refractivity contribution is 0.410. The number of primary sulfonamides is 1. The minimum absolute atomic E-state index is 0.0663. The molecule has 0 saturated heterocycles. The Morgan fingerprint density at radius 1 is 1.11 bits per heavy atom. The number of nitrogens with two attached hydrogens (primary N) is 2. The summed E-state index contributed by atoms with van der Waals surface area (Å²) in [6.45, 7) is 0. The monoisotopic (exact) mass is 401 g/mol. The minimum Gasteiger partial charge on any atom is -0.366 e. The summed E-state index contributed by atoms with van der Waals surface area (Å²) in [5, 5.41) is 16.5. The Balaban J connectivity index is 1.58. The molecular formula is C18H23N7O2S. The van der Waals surface area contributed by atoms with Crippen molar-refractivity contribution in [3.8, 4) is 0 Å². The number of benzene rings is 1. The van der Waals surface area contributed by atoms with E-state index in [2.05, 4.69) is 20.7 Å². The summed E-state index contributed by atoms with van der Waals surface area (Å²) in [6.07, 6.45) is 7.51. The van der Waals surface area contributed by atoms with Crippen molar-refractivity contribution in [2.75, 3.05) is 10.6 Å². The molecule has 1 aromatic carbocycles. The molecule has 0 bridgehead atoms. The van der Waals surface area contributed by atoms with Crippen LogP contribution in [-0.4, -0.2) is 35.1 Å². The molecule has 4 rings (SSSR count). The van der Waals surface area contributed by atoms with Crippen LogP contribution in [0.15, 0.2) is 47.6 Å². The number of rotatable bonds is 5. The van der Waals surface area contributed by atoms with Crippen LogP contribution in [0.2, 0.25) is 0 Å². The average Bonchev–Trinajstić information content (AvgIpc) is 3.12. The van der Waals surface area contributed by atoms with Gasteiger partial charge in [0, 0.05) is 36.2 Å². The first kappa shape index (κ1) is 18.7. The Morgan fingerprint density at radius 2 is 1.82 bits per heavy atom. The molecule has 2 aromatic heterocycles. The van der Waals surface area contributed by atoms with Crippen molar-refractivity contribution >= 4 is 32.9 Å². The molecule has 1 fully saturated rings. The molecule has 0 unspecified atom stereocenters. The molecule has 1 saturated carbocycles. The molecule has 0 radical (unpaired) electrons. The van der Waals surface area contributed by atoms with E-state index < -0.39 is 10.0 Å². The molecule has 2 heterocycles. The van der Waals surface area contributed by atoms with E-state index in [4.69, 9.17) is 10.9 Å². The molecule has 3 aromatic rings. The van der Waals surface area contributed by atoms with E-state index in [0.717, 1.165) is 42.9 Å². The molecule has 0 spiro atoms. The number of imidazole rings is 1. The van der Waals surface area contributed by atoms with Crippen LogP contribution < -0.4 is 21.5 Å². The van der Waals surface area contributed by atoms with Crippen molar-refractivity contribution < 1.29 is 8.42 Å². The van der Waals surface area contributed by atoms with Crippen molar-refractivity contribution in [2.24, 2.45) is 10.9 Å². The molecule has 9 nitrogen and oxygen atoms in total. The van der Waals surface area contributed by atoms with Gasteiger partial charge in [-0.2, -0.15) is 0 Å². The van der Waals surface area contributed by atoms with Crippen LogP contribution in [0.5, 0.6) is 0 Å². The van der Waals surface area contributed by atoms with Crippen molar-refractivity contribution in [3.63, 3.8) is 0 Å². The van der Waals surface area contributed by atoms with Crippen molar-refractivity contribution in [3.05, 3.63) is 42.7 Å². The number of nitrogens with one attached hydrogen (secondary N) is 2. The summed E-state index contributed by atoms with van der Waals surface area (Å²) in [7, 11) is -3.72. The lowest BCUT2D eigenvalue weighted by Crippen LogP contribution is -2.33. The minimum atomic E-state index is -3.72. The number of nitrogens with zero attached hydrogens (tertiary/aromatic N) is 3. The highest BCUT2D eigenvalue weighted by Crippen LogP contribution is 2.26. The second-order valence-electron chi connectivity index (χ2n) is 7.09. The van der Waals surface area contributed by atoms with E-state index in [0.29, 0.717) is 17.7 Å². The highest BCUT2D eigenvalue weighted by Gasteiger charge is 2.19. The van der Waals surface area contributed by atoms with Gasteiger partial charge in [0.15, 0.2) is 5.65 Å². The van der Waals surface area contributed by atoms with Crippen LogP contribution >= 0.6 is 0 Å². The molecule has 0 amide bonds. The number of anilines is 3. The number of fused-ring (bicyclic) bond motifs is 1. The molecule has 28 heavy (non-hydrogen) atoms. The summed E-state index contributed by atoms with van der Waals surface area (Å²) in [5.41, 5.74) is 8.14. The van der Waals surface area contributed by atoms with Crippen molar-refractivity contribution in [2.45, 2.75) is 42.7 Å². The molecule has 1 aliphatic carbocycles.